The summed E-state index contributed by atoms with van der Waals surface area (Å²) in [6.45, 7) is 3.61. The number of carbonyl (C=O) groups is 3. The van der Waals surface area contributed by atoms with Gasteiger partial charge in [0.1, 0.15) is 16.4 Å². The van der Waals surface area contributed by atoms with Gasteiger partial charge in [-0.05, 0) is 26.0 Å². The van der Waals surface area contributed by atoms with Gasteiger partial charge in [-0.2, -0.15) is 0 Å². The molecule has 0 bridgehead atoms. The number of esters is 1. The largest absolute Gasteiger partial charge is 0.462 e. The molecule has 10 nitrogen and oxygen atoms in total. The highest BCUT2D eigenvalue weighted by Crippen LogP contribution is 2.27. The van der Waals surface area contributed by atoms with E-state index in [0.29, 0.717) is 27.1 Å². The molecule has 11 heteroatoms. The summed E-state index contributed by atoms with van der Waals surface area (Å²) >= 11 is 1.15. The lowest BCUT2D eigenvalue weighted by molar-refractivity contribution is 0.0525. The van der Waals surface area contributed by atoms with E-state index in [0.717, 1.165) is 16.2 Å². The normalized spacial score (nSPS) is 12.8. The van der Waals surface area contributed by atoms with E-state index in [1.54, 1.807) is 38.1 Å². The van der Waals surface area contributed by atoms with Gasteiger partial charge in [-0.1, -0.05) is 23.5 Å². The van der Waals surface area contributed by atoms with Gasteiger partial charge >= 0.3 is 5.97 Å². The van der Waals surface area contributed by atoms with E-state index < -0.39 is 5.97 Å². The Morgan fingerprint density at radius 2 is 1.87 bits per heavy atom. The zero-order chi connectivity index (χ0) is 21.3. The molecule has 0 unspecified atom stereocenters. The molecule has 0 fully saturated rings. The van der Waals surface area contributed by atoms with Crippen molar-refractivity contribution in [2.45, 2.75) is 20.4 Å². The molecular weight excluding hydrogens is 408 g/mol. The van der Waals surface area contributed by atoms with Gasteiger partial charge < -0.3 is 10.1 Å². The van der Waals surface area contributed by atoms with Crippen LogP contribution in [0, 0.1) is 6.92 Å². The smallest absolute Gasteiger partial charge is 0.343 e. The van der Waals surface area contributed by atoms with E-state index in [4.69, 9.17) is 4.74 Å². The zero-order valence-electron chi connectivity index (χ0n) is 16.1. The van der Waals surface area contributed by atoms with Crippen LogP contribution in [-0.4, -0.2) is 49.5 Å². The van der Waals surface area contributed by atoms with E-state index in [1.165, 1.54) is 6.20 Å². The van der Waals surface area contributed by atoms with Crippen molar-refractivity contribution in [1.82, 2.24) is 25.1 Å². The quantitative estimate of drug-likeness (QED) is 0.468. The highest BCUT2D eigenvalue weighted by Gasteiger charge is 2.35. The number of hydrogen-bond acceptors (Lipinski definition) is 10. The number of fused-ring (bicyclic) bond motifs is 1. The van der Waals surface area contributed by atoms with Crippen LogP contribution in [0.25, 0.3) is 0 Å². The molecule has 152 valence electrons. The van der Waals surface area contributed by atoms with Gasteiger partial charge in [0.2, 0.25) is 5.13 Å². The van der Waals surface area contributed by atoms with Crippen LogP contribution in [0.3, 0.4) is 0 Å². The van der Waals surface area contributed by atoms with Crippen molar-refractivity contribution in [1.29, 1.82) is 0 Å². The molecule has 0 saturated carbocycles. The lowest BCUT2D eigenvalue weighted by Gasteiger charge is -2.10. The van der Waals surface area contributed by atoms with Crippen molar-refractivity contribution in [2.24, 2.45) is 0 Å². The minimum Gasteiger partial charge on any atom is -0.462 e. The second-order valence-electron chi connectivity index (χ2n) is 6.27. The first-order valence-corrected chi connectivity index (χ1v) is 9.85. The number of carbonyl (C=O) groups excluding carboxylic acids is 3. The number of anilines is 2. The topological polar surface area (TPSA) is 127 Å². The Kier molecular flexibility index (Phi) is 5.19. The molecule has 2 aromatic heterocycles. The van der Waals surface area contributed by atoms with Crippen LogP contribution < -0.4 is 5.32 Å². The average molecular weight is 424 g/mol. The Labute approximate surface area is 174 Å². The highest BCUT2D eigenvalue weighted by atomic mass is 32.1. The molecule has 0 radical (unpaired) electrons. The number of ether oxygens (including phenoxy) is 1. The predicted molar refractivity (Wildman–Crippen MR) is 107 cm³/mol. The minimum atomic E-state index is -0.559. The second kappa shape index (κ2) is 7.95. The van der Waals surface area contributed by atoms with Crippen molar-refractivity contribution in [3.8, 4) is 0 Å². The lowest BCUT2D eigenvalue weighted by Crippen LogP contribution is -2.29. The Morgan fingerprint density at radius 1 is 1.17 bits per heavy atom. The summed E-state index contributed by atoms with van der Waals surface area (Å²) in [4.78, 5) is 46.5. The summed E-state index contributed by atoms with van der Waals surface area (Å²) in [6, 6.07) is 6.67. The molecular formula is C19H16N6O4S. The van der Waals surface area contributed by atoms with E-state index in [2.05, 4.69) is 25.5 Å². The van der Waals surface area contributed by atoms with Crippen molar-refractivity contribution in [2.75, 3.05) is 11.9 Å². The third kappa shape index (κ3) is 3.62. The maximum absolute atomic E-state index is 12.5. The third-order valence-electron chi connectivity index (χ3n) is 4.27. The van der Waals surface area contributed by atoms with Crippen molar-refractivity contribution >= 4 is 40.1 Å². The van der Waals surface area contributed by atoms with Gasteiger partial charge in [0, 0.05) is 6.20 Å². The summed E-state index contributed by atoms with van der Waals surface area (Å²) in [5, 5.41) is 11.8. The molecule has 1 aliphatic rings. The van der Waals surface area contributed by atoms with Gasteiger partial charge in [0.15, 0.2) is 5.82 Å². The monoisotopic (exact) mass is 424 g/mol. The van der Waals surface area contributed by atoms with E-state index in [9.17, 15) is 14.4 Å². The minimum absolute atomic E-state index is 0.000765. The zero-order valence-corrected chi connectivity index (χ0v) is 16.9. The summed E-state index contributed by atoms with van der Waals surface area (Å²) in [7, 11) is 0. The lowest BCUT2D eigenvalue weighted by atomic mass is 10.1. The maximum Gasteiger partial charge on any atom is 0.343 e. The Bertz CT molecular complexity index is 1130. The number of rotatable bonds is 6. The summed E-state index contributed by atoms with van der Waals surface area (Å²) < 4.78 is 5.02. The first-order chi connectivity index (χ1) is 14.5. The Hall–Kier alpha value is -3.73. The fraction of sp³-hybridized carbons (Fsp3) is 0.211. The van der Waals surface area contributed by atoms with Crippen LogP contribution in [0.1, 0.15) is 48.8 Å². The molecule has 3 heterocycles. The van der Waals surface area contributed by atoms with Crippen LogP contribution in [0.15, 0.2) is 30.5 Å². The molecule has 0 spiro atoms. The molecule has 1 aromatic carbocycles. The number of aryl methyl sites for hydroxylation is 1. The standard InChI is InChI=1S/C19H16N6O4S/c1-3-29-18(28)13-8-20-10(2)21-15(13)22-19-24-23-14(30-19)9-25-16(26)11-6-4-5-7-12(11)17(25)27/h4-8H,3,9H2,1-2H3,(H,20,21,22,24). The van der Waals surface area contributed by atoms with Crippen molar-refractivity contribution in [3.05, 3.63) is 58.0 Å². The molecule has 30 heavy (non-hydrogen) atoms. The van der Waals surface area contributed by atoms with Gasteiger partial charge in [-0.3, -0.25) is 14.5 Å². The van der Waals surface area contributed by atoms with Crippen LogP contribution in [-0.2, 0) is 11.3 Å². The van der Waals surface area contributed by atoms with Gasteiger partial charge in [0.25, 0.3) is 11.8 Å². The van der Waals surface area contributed by atoms with E-state index in [1.807, 2.05) is 0 Å². The van der Waals surface area contributed by atoms with Crippen LogP contribution in [0.2, 0.25) is 0 Å². The predicted octanol–water partition coefficient (Wildman–Crippen LogP) is 2.35. The molecule has 1 N–H and O–H groups in total. The van der Waals surface area contributed by atoms with Gasteiger partial charge in [-0.25, -0.2) is 14.8 Å². The Morgan fingerprint density at radius 3 is 2.53 bits per heavy atom. The summed E-state index contributed by atoms with van der Waals surface area (Å²) in [5.41, 5.74) is 0.918. The van der Waals surface area contributed by atoms with Crippen LogP contribution in [0.4, 0.5) is 10.9 Å². The maximum atomic E-state index is 12.5. The second-order valence-corrected chi connectivity index (χ2v) is 7.33. The summed E-state index contributed by atoms with van der Waals surface area (Å²) in [6.07, 6.45) is 1.38. The van der Waals surface area contributed by atoms with Gasteiger partial charge in [-0.15, -0.1) is 10.2 Å². The third-order valence-corrected chi connectivity index (χ3v) is 5.09. The molecule has 3 aromatic rings. The van der Waals surface area contributed by atoms with E-state index in [-0.39, 0.29) is 36.3 Å². The number of imide groups is 1. The van der Waals surface area contributed by atoms with Crippen LogP contribution in [0.5, 0.6) is 0 Å². The van der Waals surface area contributed by atoms with Crippen molar-refractivity contribution < 1.29 is 19.1 Å². The molecule has 1 aliphatic heterocycles. The molecule has 0 aliphatic carbocycles. The SMILES string of the molecule is CCOC(=O)c1cnc(C)nc1Nc1nnc(CN2C(=O)c3ccccc3C2=O)s1. The molecule has 0 saturated heterocycles. The number of benzene rings is 1. The summed E-state index contributed by atoms with van der Waals surface area (Å²) in [5.74, 6) is -0.589. The fourth-order valence-corrected chi connectivity index (χ4v) is 3.64. The molecule has 4 rings (SSSR count). The van der Waals surface area contributed by atoms with E-state index >= 15 is 0 Å². The first kappa shape index (κ1) is 19.6. The number of hydrogen-bond donors (Lipinski definition) is 1. The Balaban J connectivity index is 1.52. The fourth-order valence-electron chi connectivity index (χ4n) is 2.91. The number of aromatic nitrogens is 4. The van der Waals surface area contributed by atoms with Crippen molar-refractivity contribution in [3.63, 3.8) is 0 Å². The van der Waals surface area contributed by atoms with Crippen LogP contribution >= 0.6 is 11.3 Å². The first-order valence-electron chi connectivity index (χ1n) is 9.03. The number of nitrogens with one attached hydrogen (secondary N) is 1. The average Bonchev–Trinajstić information content (AvgIpc) is 3.27. The molecule has 0 atom stereocenters. The van der Waals surface area contributed by atoms with Gasteiger partial charge in [0.05, 0.1) is 24.3 Å². The highest BCUT2D eigenvalue weighted by molar-refractivity contribution is 7.15. The number of amides is 2. The number of nitrogens with zero attached hydrogens (tertiary/aromatic N) is 5. The molecule has 2 amide bonds.